The molecular formula is C16H24Cl2F3N5. The van der Waals surface area contributed by atoms with Crippen molar-refractivity contribution in [1.29, 1.82) is 0 Å². The average Bonchev–Trinajstić information content (AvgIpc) is 3.08. The summed E-state index contributed by atoms with van der Waals surface area (Å²) in [6.07, 6.45) is -3.40. The number of aromatic nitrogens is 1. The first-order valence-corrected chi connectivity index (χ1v) is 9.26. The summed E-state index contributed by atoms with van der Waals surface area (Å²) < 4.78 is 39.2. The Morgan fingerprint density at radius 1 is 1.35 bits per heavy atom. The van der Waals surface area contributed by atoms with Crippen molar-refractivity contribution in [2.45, 2.75) is 26.1 Å². The molecule has 0 radical (unpaired) electrons. The Morgan fingerprint density at radius 2 is 2.08 bits per heavy atom. The van der Waals surface area contributed by atoms with E-state index in [1.807, 2.05) is 14.0 Å². The molecular weight excluding hydrogens is 390 g/mol. The molecule has 0 aliphatic carbocycles. The van der Waals surface area contributed by atoms with E-state index in [9.17, 15) is 13.2 Å². The van der Waals surface area contributed by atoms with E-state index in [2.05, 4.69) is 15.6 Å². The molecule has 0 saturated carbocycles. The number of guanidine groups is 1. The lowest BCUT2D eigenvalue weighted by Gasteiger charge is -2.18. The summed E-state index contributed by atoms with van der Waals surface area (Å²) in [5.74, 6) is 0.787. The van der Waals surface area contributed by atoms with Crippen molar-refractivity contribution in [2.75, 3.05) is 32.7 Å². The number of nitrogens with one attached hydrogen (secondary N) is 2. The monoisotopic (exact) mass is 413 g/mol. The standard InChI is InChI=1S/C16H24Cl2F3N5/c1-3-22-15(24-8-12-6-13(17)14(18)25(12)2)23-7-11-4-5-26(9-11)10-16(19,20)21/h6,11H,3-5,7-10H2,1-2H3,(H2,22,23,24). The number of hydrogen-bond acceptors (Lipinski definition) is 2. The summed E-state index contributed by atoms with van der Waals surface area (Å²) in [5, 5.41) is 7.29. The van der Waals surface area contributed by atoms with Gasteiger partial charge >= 0.3 is 6.18 Å². The smallest absolute Gasteiger partial charge is 0.357 e. The molecule has 1 aliphatic heterocycles. The van der Waals surface area contributed by atoms with E-state index < -0.39 is 12.7 Å². The van der Waals surface area contributed by atoms with Crippen LogP contribution in [0.2, 0.25) is 10.2 Å². The molecule has 0 bridgehead atoms. The zero-order chi connectivity index (χ0) is 19.3. The van der Waals surface area contributed by atoms with Gasteiger partial charge in [0, 0.05) is 32.4 Å². The van der Waals surface area contributed by atoms with E-state index in [4.69, 9.17) is 23.2 Å². The second-order valence-electron chi connectivity index (χ2n) is 6.41. The minimum absolute atomic E-state index is 0.167. The quantitative estimate of drug-likeness (QED) is 0.555. The molecule has 2 N–H and O–H groups in total. The van der Waals surface area contributed by atoms with Crippen LogP contribution in [0.15, 0.2) is 11.1 Å². The van der Waals surface area contributed by atoms with Gasteiger partial charge in [0.15, 0.2) is 5.96 Å². The number of alkyl halides is 3. The van der Waals surface area contributed by atoms with E-state index in [1.54, 1.807) is 10.6 Å². The molecule has 1 unspecified atom stereocenters. The van der Waals surface area contributed by atoms with Crippen LogP contribution < -0.4 is 10.6 Å². The predicted molar refractivity (Wildman–Crippen MR) is 98.9 cm³/mol. The van der Waals surface area contributed by atoms with Crippen molar-refractivity contribution >= 4 is 29.2 Å². The molecule has 2 rings (SSSR count). The topological polar surface area (TPSA) is 44.6 Å². The van der Waals surface area contributed by atoms with Crippen LogP contribution in [-0.4, -0.2) is 54.3 Å². The molecule has 1 aliphatic rings. The zero-order valence-corrected chi connectivity index (χ0v) is 16.3. The van der Waals surface area contributed by atoms with Crippen LogP contribution >= 0.6 is 23.2 Å². The lowest BCUT2D eigenvalue weighted by atomic mass is 10.1. The fourth-order valence-corrected chi connectivity index (χ4v) is 3.38. The van der Waals surface area contributed by atoms with Crippen molar-refractivity contribution in [3.63, 3.8) is 0 Å². The van der Waals surface area contributed by atoms with E-state index in [-0.39, 0.29) is 5.92 Å². The maximum absolute atomic E-state index is 12.5. The van der Waals surface area contributed by atoms with E-state index in [0.717, 1.165) is 12.1 Å². The minimum atomic E-state index is -4.14. The number of hydrogen-bond donors (Lipinski definition) is 2. The van der Waals surface area contributed by atoms with Crippen molar-refractivity contribution < 1.29 is 13.2 Å². The highest BCUT2D eigenvalue weighted by Gasteiger charge is 2.34. The van der Waals surface area contributed by atoms with Gasteiger partial charge < -0.3 is 15.2 Å². The summed E-state index contributed by atoms with van der Waals surface area (Å²) in [6, 6.07) is 1.77. The van der Waals surface area contributed by atoms with Gasteiger partial charge in [0.25, 0.3) is 0 Å². The van der Waals surface area contributed by atoms with Gasteiger partial charge in [-0.15, -0.1) is 0 Å². The van der Waals surface area contributed by atoms with Gasteiger partial charge in [-0.2, -0.15) is 13.2 Å². The van der Waals surface area contributed by atoms with Gasteiger partial charge in [0.1, 0.15) is 5.15 Å². The van der Waals surface area contributed by atoms with Crippen LogP contribution in [0.5, 0.6) is 0 Å². The number of likely N-dealkylation sites (tertiary alicyclic amines) is 1. The molecule has 1 aromatic rings. The highest BCUT2D eigenvalue weighted by molar-refractivity contribution is 6.41. The van der Waals surface area contributed by atoms with Crippen molar-refractivity contribution in [3.8, 4) is 0 Å². The van der Waals surface area contributed by atoms with Crippen LogP contribution in [0.25, 0.3) is 0 Å². The molecule has 0 spiro atoms. The van der Waals surface area contributed by atoms with Gasteiger partial charge in [-0.3, -0.25) is 4.90 Å². The second-order valence-corrected chi connectivity index (χ2v) is 7.18. The molecule has 10 heteroatoms. The largest absolute Gasteiger partial charge is 0.401 e. The number of aliphatic imine (C=N–C) groups is 1. The number of nitrogens with zero attached hydrogens (tertiary/aromatic N) is 3. The SMILES string of the molecule is CCNC(=NCc1cc(Cl)c(Cl)n1C)NCC1CCN(CC(F)(F)F)C1. The predicted octanol–water partition coefficient (Wildman–Crippen LogP) is 3.27. The highest BCUT2D eigenvalue weighted by Crippen LogP contribution is 2.25. The maximum atomic E-state index is 12.5. The average molecular weight is 414 g/mol. The van der Waals surface area contributed by atoms with Gasteiger partial charge in [-0.1, -0.05) is 23.2 Å². The van der Waals surface area contributed by atoms with E-state index >= 15 is 0 Å². The van der Waals surface area contributed by atoms with E-state index in [0.29, 0.717) is 48.9 Å². The molecule has 1 fully saturated rings. The zero-order valence-electron chi connectivity index (χ0n) is 14.8. The van der Waals surface area contributed by atoms with Gasteiger partial charge in [-0.25, -0.2) is 4.99 Å². The first-order valence-electron chi connectivity index (χ1n) is 8.50. The fourth-order valence-electron chi connectivity index (χ4n) is 2.96. The molecule has 1 saturated heterocycles. The van der Waals surface area contributed by atoms with Crippen molar-refractivity contribution in [1.82, 2.24) is 20.1 Å². The second kappa shape index (κ2) is 9.19. The van der Waals surface area contributed by atoms with Gasteiger partial charge in [0.2, 0.25) is 0 Å². The van der Waals surface area contributed by atoms with Crippen LogP contribution in [0.1, 0.15) is 19.0 Å². The third-order valence-electron chi connectivity index (χ3n) is 4.29. The molecule has 148 valence electrons. The Kier molecular flexibility index (Phi) is 7.49. The Bertz CT molecular complexity index is 630. The Hall–Kier alpha value is -1.12. The molecule has 1 atom stereocenters. The van der Waals surface area contributed by atoms with Crippen LogP contribution in [0, 0.1) is 5.92 Å². The van der Waals surface area contributed by atoms with Crippen LogP contribution in [0.4, 0.5) is 13.2 Å². The fraction of sp³-hybridized carbons (Fsp3) is 0.688. The number of halogens is 5. The molecule has 0 amide bonds. The van der Waals surface area contributed by atoms with Gasteiger partial charge in [-0.05, 0) is 31.9 Å². The number of rotatable bonds is 6. The first-order chi connectivity index (χ1) is 12.2. The lowest BCUT2D eigenvalue weighted by molar-refractivity contribution is -0.143. The molecule has 5 nitrogen and oxygen atoms in total. The summed E-state index contributed by atoms with van der Waals surface area (Å²) in [4.78, 5) is 5.95. The minimum Gasteiger partial charge on any atom is -0.357 e. The van der Waals surface area contributed by atoms with Crippen LogP contribution in [-0.2, 0) is 13.6 Å². The van der Waals surface area contributed by atoms with Crippen LogP contribution in [0.3, 0.4) is 0 Å². The molecule has 2 heterocycles. The summed E-state index contributed by atoms with van der Waals surface area (Å²) in [7, 11) is 1.81. The third kappa shape index (κ3) is 6.25. The molecule has 26 heavy (non-hydrogen) atoms. The Morgan fingerprint density at radius 3 is 2.65 bits per heavy atom. The molecule has 1 aromatic heterocycles. The summed E-state index contributed by atoms with van der Waals surface area (Å²) in [5.41, 5.74) is 0.870. The maximum Gasteiger partial charge on any atom is 0.401 e. The van der Waals surface area contributed by atoms with Crippen molar-refractivity contribution in [2.24, 2.45) is 18.0 Å². The highest BCUT2D eigenvalue weighted by atomic mass is 35.5. The lowest BCUT2D eigenvalue weighted by Crippen LogP contribution is -2.40. The van der Waals surface area contributed by atoms with E-state index in [1.165, 1.54) is 4.90 Å². The third-order valence-corrected chi connectivity index (χ3v) is 5.13. The Labute approximate surface area is 161 Å². The first kappa shape index (κ1) is 21.2. The normalized spacial score (nSPS) is 19.2. The Balaban J connectivity index is 1.87. The summed E-state index contributed by atoms with van der Waals surface area (Å²) >= 11 is 12.0. The van der Waals surface area contributed by atoms with Crippen molar-refractivity contribution in [3.05, 3.63) is 21.9 Å². The molecule has 0 aromatic carbocycles. The summed E-state index contributed by atoms with van der Waals surface area (Å²) in [6.45, 7) is 3.68. The van der Waals surface area contributed by atoms with Gasteiger partial charge in [0.05, 0.1) is 18.1 Å².